The molecule has 18 heavy (non-hydrogen) atoms. The molecule has 1 saturated heterocycles. The van der Waals surface area contributed by atoms with Crippen molar-refractivity contribution in [1.29, 1.82) is 0 Å². The average Bonchev–Trinajstić information content (AvgIpc) is 2.39. The van der Waals surface area contributed by atoms with Crippen LogP contribution in [0.1, 0.15) is 12.6 Å². The molecular formula is C12H15FN2O3. The molecule has 1 unspecified atom stereocenters. The van der Waals surface area contributed by atoms with Crippen molar-refractivity contribution in [3.8, 4) is 0 Å². The van der Waals surface area contributed by atoms with E-state index in [2.05, 4.69) is 4.98 Å². The van der Waals surface area contributed by atoms with Gasteiger partial charge in [0.05, 0.1) is 25.1 Å². The van der Waals surface area contributed by atoms with E-state index in [1.54, 1.807) is 11.8 Å². The van der Waals surface area contributed by atoms with E-state index in [4.69, 9.17) is 4.74 Å². The molecule has 2 rings (SSSR count). The van der Waals surface area contributed by atoms with Crippen molar-refractivity contribution in [2.75, 3.05) is 26.3 Å². The second-order valence-corrected chi connectivity index (χ2v) is 4.34. The van der Waals surface area contributed by atoms with Gasteiger partial charge in [0.15, 0.2) is 5.54 Å². The lowest BCUT2D eigenvalue weighted by Gasteiger charge is -2.39. The maximum absolute atomic E-state index is 12.9. The molecule has 0 spiro atoms. The molecule has 1 fully saturated rings. The molecule has 1 aromatic heterocycles. The molecule has 1 N–H and O–H groups in total. The molecule has 0 bridgehead atoms. The first-order valence-electron chi connectivity index (χ1n) is 5.73. The van der Waals surface area contributed by atoms with Gasteiger partial charge >= 0.3 is 5.97 Å². The van der Waals surface area contributed by atoms with Gasteiger partial charge in [-0.3, -0.25) is 9.88 Å². The van der Waals surface area contributed by atoms with E-state index in [1.807, 2.05) is 0 Å². The van der Waals surface area contributed by atoms with Crippen LogP contribution in [0.2, 0.25) is 0 Å². The number of hydrogen-bond donors (Lipinski definition) is 1. The van der Waals surface area contributed by atoms with Crippen LogP contribution in [0.4, 0.5) is 4.39 Å². The fraction of sp³-hybridized carbons (Fsp3) is 0.500. The number of morpholine rings is 1. The van der Waals surface area contributed by atoms with E-state index in [9.17, 15) is 14.3 Å². The first-order chi connectivity index (χ1) is 8.55. The third kappa shape index (κ3) is 2.21. The number of rotatable bonds is 3. The van der Waals surface area contributed by atoms with Gasteiger partial charge in [0.1, 0.15) is 5.82 Å². The van der Waals surface area contributed by atoms with E-state index in [-0.39, 0.29) is 0 Å². The van der Waals surface area contributed by atoms with Crippen molar-refractivity contribution in [3.05, 3.63) is 29.8 Å². The molecule has 6 heteroatoms. The predicted octanol–water partition coefficient (Wildman–Crippen LogP) is 0.853. The van der Waals surface area contributed by atoms with Crippen LogP contribution >= 0.6 is 0 Å². The molecule has 98 valence electrons. The third-order valence-electron chi connectivity index (χ3n) is 3.29. The Morgan fingerprint density at radius 1 is 1.50 bits per heavy atom. The fourth-order valence-corrected chi connectivity index (χ4v) is 2.08. The van der Waals surface area contributed by atoms with Gasteiger partial charge in [0, 0.05) is 13.1 Å². The summed E-state index contributed by atoms with van der Waals surface area (Å²) >= 11 is 0. The topological polar surface area (TPSA) is 62.7 Å². The maximum atomic E-state index is 12.9. The smallest absolute Gasteiger partial charge is 0.330 e. The Labute approximate surface area is 104 Å². The number of halogens is 1. The number of aromatic nitrogens is 1. The summed E-state index contributed by atoms with van der Waals surface area (Å²) in [6, 6.07) is 2.64. The normalized spacial score (nSPS) is 20.3. The Morgan fingerprint density at radius 3 is 2.67 bits per heavy atom. The summed E-state index contributed by atoms with van der Waals surface area (Å²) in [5, 5.41) is 9.49. The van der Waals surface area contributed by atoms with Gasteiger partial charge < -0.3 is 9.84 Å². The second-order valence-electron chi connectivity index (χ2n) is 4.34. The van der Waals surface area contributed by atoms with Crippen LogP contribution in [-0.2, 0) is 15.1 Å². The SMILES string of the molecule is CC(C(=O)O)(c1ccc(F)cn1)N1CCOCC1. The molecule has 5 nitrogen and oxygen atoms in total. The highest BCUT2D eigenvalue weighted by molar-refractivity contribution is 5.79. The van der Waals surface area contributed by atoms with Crippen LogP contribution in [0.5, 0.6) is 0 Å². The predicted molar refractivity (Wildman–Crippen MR) is 61.6 cm³/mol. The quantitative estimate of drug-likeness (QED) is 0.866. The Hall–Kier alpha value is -1.53. The molecule has 0 aromatic carbocycles. The standard InChI is InChI=1S/C12H15FN2O3/c1-12(11(16)17,15-4-6-18-7-5-15)10-3-2-9(13)8-14-10/h2-3,8H,4-7H2,1H3,(H,16,17). The Morgan fingerprint density at radius 2 is 2.17 bits per heavy atom. The van der Waals surface area contributed by atoms with Gasteiger partial charge in [-0.1, -0.05) is 0 Å². The van der Waals surface area contributed by atoms with Crippen molar-refractivity contribution < 1.29 is 19.0 Å². The molecule has 2 heterocycles. The van der Waals surface area contributed by atoms with Gasteiger partial charge in [-0.25, -0.2) is 9.18 Å². The first-order valence-corrected chi connectivity index (χ1v) is 5.73. The number of carbonyl (C=O) groups is 1. The zero-order valence-corrected chi connectivity index (χ0v) is 10.1. The average molecular weight is 254 g/mol. The number of nitrogens with zero attached hydrogens (tertiary/aromatic N) is 2. The number of pyridine rings is 1. The first kappa shape index (κ1) is 12.9. The number of hydrogen-bond acceptors (Lipinski definition) is 4. The Balaban J connectivity index is 2.36. The van der Waals surface area contributed by atoms with Crippen LogP contribution < -0.4 is 0 Å². The highest BCUT2D eigenvalue weighted by Gasteiger charge is 2.43. The molecular weight excluding hydrogens is 239 g/mol. The maximum Gasteiger partial charge on any atom is 0.330 e. The lowest BCUT2D eigenvalue weighted by molar-refractivity contribution is -0.154. The number of aliphatic carboxylic acids is 1. The Bertz CT molecular complexity index is 431. The lowest BCUT2D eigenvalue weighted by Crippen LogP contribution is -2.54. The van der Waals surface area contributed by atoms with E-state index in [0.29, 0.717) is 32.0 Å². The molecule has 0 aliphatic carbocycles. The van der Waals surface area contributed by atoms with Crippen LogP contribution in [-0.4, -0.2) is 47.3 Å². The van der Waals surface area contributed by atoms with Crippen molar-refractivity contribution in [2.45, 2.75) is 12.5 Å². The highest BCUT2D eigenvalue weighted by Crippen LogP contribution is 2.28. The van der Waals surface area contributed by atoms with Crippen LogP contribution in [0, 0.1) is 5.82 Å². The van der Waals surface area contributed by atoms with E-state index >= 15 is 0 Å². The van der Waals surface area contributed by atoms with E-state index in [1.165, 1.54) is 12.1 Å². The fourth-order valence-electron chi connectivity index (χ4n) is 2.08. The Kier molecular flexibility index (Phi) is 3.58. The van der Waals surface area contributed by atoms with Gasteiger partial charge in [0.25, 0.3) is 0 Å². The third-order valence-corrected chi connectivity index (χ3v) is 3.29. The summed E-state index contributed by atoms with van der Waals surface area (Å²) in [5.41, 5.74) is -0.921. The summed E-state index contributed by atoms with van der Waals surface area (Å²) in [6.07, 6.45) is 1.04. The van der Waals surface area contributed by atoms with Crippen LogP contribution in [0.25, 0.3) is 0 Å². The molecule has 1 aliphatic rings. The van der Waals surface area contributed by atoms with Crippen molar-refractivity contribution in [1.82, 2.24) is 9.88 Å². The largest absolute Gasteiger partial charge is 0.480 e. The minimum absolute atomic E-state index is 0.332. The summed E-state index contributed by atoms with van der Waals surface area (Å²) in [7, 11) is 0. The highest BCUT2D eigenvalue weighted by atomic mass is 19.1. The van der Waals surface area contributed by atoms with Gasteiger partial charge in [-0.05, 0) is 19.1 Å². The molecule has 1 atom stereocenters. The van der Waals surface area contributed by atoms with E-state index in [0.717, 1.165) is 6.20 Å². The molecule has 1 aliphatic heterocycles. The monoisotopic (exact) mass is 254 g/mol. The summed E-state index contributed by atoms with van der Waals surface area (Å²) in [4.78, 5) is 17.3. The summed E-state index contributed by atoms with van der Waals surface area (Å²) in [5.74, 6) is -1.48. The van der Waals surface area contributed by atoms with E-state index < -0.39 is 17.3 Å². The van der Waals surface area contributed by atoms with Gasteiger partial charge in [-0.2, -0.15) is 0 Å². The lowest BCUT2D eigenvalue weighted by atomic mass is 9.94. The van der Waals surface area contributed by atoms with Gasteiger partial charge in [0.2, 0.25) is 0 Å². The zero-order valence-electron chi connectivity index (χ0n) is 10.1. The number of carboxylic acids is 1. The number of carboxylic acid groups (broad SMARTS) is 1. The minimum atomic E-state index is -1.25. The number of ether oxygens (including phenoxy) is 1. The molecule has 1 aromatic rings. The van der Waals surface area contributed by atoms with Crippen LogP contribution in [0.3, 0.4) is 0 Å². The minimum Gasteiger partial charge on any atom is -0.480 e. The van der Waals surface area contributed by atoms with Gasteiger partial charge in [-0.15, -0.1) is 0 Å². The second kappa shape index (κ2) is 4.99. The molecule has 0 radical (unpaired) electrons. The van der Waals surface area contributed by atoms with Crippen molar-refractivity contribution >= 4 is 5.97 Å². The summed E-state index contributed by atoms with van der Waals surface area (Å²) in [6.45, 7) is 3.60. The summed E-state index contributed by atoms with van der Waals surface area (Å²) < 4.78 is 18.1. The van der Waals surface area contributed by atoms with Crippen LogP contribution in [0.15, 0.2) is 18.3 Å². The van der Waals surface area contributed by atoms with Crippen molar-refractivity contribution in [3.63, 3.8) is 0 Å². The molecule has 0 amide bonds. The van der Waals surface area contributed by atoms with Crippen molar-refractivity contribution in [2.24, 2.45) is 0 Å². The molecule has 0 saturated carbocycles. The zero-order chi connectivity index (χ0) is 13.2.